The van der Waals surface area contributed by atoms with Gasteiger partial charge in [0.15, 0.2) is 5.82 Å². The van der Waals surface area contributed by atoms with Gasteiger partial charge >= 0.3 is 0 Å². The molecule has 0 aliphatic rings. The Morgan fingerprint density at radius 3 is 2.05 bits per heavy atom. The molecule has 7 nitrogen and oxygen atoms in total. The third-order valence-electron chi connectivity index (χ3n) is 2.26. The molecule has 1 aromatic rings. The molecule has 0 saturated heterocycles. The number of aromatic nitrogens is 3. The summed E-state index contributed by atoms with van der Waals surface area (Å²) in [5.41, 5.74) is -0.863. The fourth-order valence-corrected chi connectivity index (χ4v) is 2.32. The molecule has 0 aromatic carbocycles. The van der Waals surface area contributed by atoms with Crippen molar-refractivity contribution in [2.45, 2.75) is 64.4 Å². The van der Waals surface area contributed by atoms with Crippen LogP contribution in [0, 0.1) is 0 Å². The van der Waals surface area contributed by atoms with Gasteiger partial charge in [0.2, 0.25) is 0 Å². The molecule has 8 heteroatoms. The Morgan fingerprint density at radius 2 is 1.68 bits per heavy atom. The molecular weight excluding hydrogens is 268 g/mol. The van der Waals surface area contributed by atoms with Gasteiger partial charge in [-0.15, -0.1) is 10.2 Å². The molecule has 0 bridgehead atoms. The maximum atomic E-state index is 11.5. The molecule has 0 atom stereocenters. The maximum absolute atomic E-state index is 11.5. The van der Waals surface area contributed by atoms with Crippen molar-refractivity contribution < 1.29 is 13.2 Å². The summed E-state index contributed by atoms with van der Waals surface area (Å²) >= 11 is 0. The van der Waals surface area contributed by atoms with Gasteiger partial charge in [-0.05, 0) is 41.5 Å². The average Bonchev–Trinajstić information content (AvgIpc) is 2.55. The smallest absolute Gasteiger partial charge is 0.273 e. The van der Waals surface area contributed by atoms with Crippen LogP contribution in [0.15, 0.2) is 5.16 Å². The van der Waals surface area contributed by atoms with Crippen molar-refractivity contribution in [1.82, 2.24) is 14.8 Å². The number of primary sulfonamides is 1. The van der Waals surface area contributed by atoms with Crippen LogP contribution in [-0.4, -0.2) is 28.8 Å². The Labute approximate surface area is 114 Å². The van der Waals surface area contributed by atoms with Gasteiger partial charge < -0.3 is 4.74 Å². The van der Waals surface area contributed by atoms with Crippen LogP contribution in [-0.2, 0) is 26.9 Å². The molecule has 1 aromatic heterocycles. The molecule has 1 heterocycles. The summed E-state index contributed by atoms with van der Waals surface area (Å²) in [5.74, 6) is 0.437. The van der Waals surface area contributed by atoms with E-state index in [0.717, 1.165) is 0 Å². The summed E-state index contributed by atoms with van der Waals surface area (Å²) in [6, 6.07) is 0. The Hall–Kier alpha value is -0.990. The van der Waals surface area contributed by atoms with Crippen LogP contribution in [0.25, 0.3) is 0 Å². The highest BCUT2D eigenvalue weighted by molar-refractivity contribution is 7.89. The van der Waals surface area contributed by atoms with Gasteiger partial charge in [-0.25, -0.2) is 13.6 Å². The SMILES string of the molecule is CC(C)(C)OCc1nnc(S(N)(=O)=O)n1C(C)(C)C. The van der Waals surface area contributed by atoms with Crippen LogP contribution in [0.1, 0.15) is 47.4 Å². The molecule has 0 radical (unpaired) electrons. The highest BCUT2D eigenvalue weighted by Crippen LogP contribution is 2.22. The van der Waals surface area contributed by atoms with Crippen molar-refractivity contribution in [1.29, 1.82) is 0 Å². The van der Waals surface area contributed by atoms with Crippen molar-refractivity contribution in [3.63, 3.8) is 0 Å². The number of ether oxygens (including phenoxy) is 1. The summed E-state index contributed by atoms with van der Waals surface area (Å²) < 4.78 is 30.2. The van der Waals surface area contributed by atoms with E-state index in [-0.39, 0.29) is 17.4 Å². The van der Waals surface area contributed by atoms with Crippen molar-refractivity contribution in [2.24, 2.45) is 5.14 Å². The van der Waals surface area contributed by atoms with Gasteiger partial charge in [-0.3, -0.25) is 4.57 Å². The van der Waals surface area contributed by atoms with E-state index in [1.54, 1.807) is 0 Å². The lowest BCUT2D eigenvalue weighted by molar-refractivity contribution is -0.0208. The zero-order valence-electron chi connectivity index (χ0n) is 12.3. The van der Waals surface area contributed by atoms with Gasteiger partial charge in [0.05, 0.1) is 5.60 Å². The first kappa shape index (κ1) is 16.1. The van der Waals surface area contributed by atoms with Gasteiger partial charge in [-0.2, -0.15) is 0 Å². The fourth-order valence-electron chi connectivity index (χ4n) is 1.53. The zero-order valence-corrected chi connectivity index (χ0v) is 13.1. The average molecular weight is 290 g/mol. The van der Waals surface area contributed by atoms with Crippen molar-refractivity contribution in [3.05, 3.63) is 5.82 Å². The Kier molecular flexibility index (Phi) is 4.09. The van der Waals surface area contributed by atoms with Gasteiger partial charge in [0.1, 0.15) is 6.61 Å². The van der Waals surface area contributed by atoms with Crippen LogP contribution in [0.5, 0.6) is 0 Å². The lowest BCUT2D eigenvalue weighted by atomic mass is 10.1. The topological polar surface area (TPSA) is 100 Å². The van der Waals surface area contributed by atoms with Crippen LogP contribution in [0.4, 0.5) is 0 Å². The predicted molar refractivity (Wildman–Crippen MR) is 70.9 cm³/mol. The number of sulfonamides is 1. The van der Waals surface area contributed by atoms with Crippen molar-refractivity contribution >= 4 is 10.0 Å². The second kappa shape index (κ2) is 4.84. The van der Waals surface area contributed by atoms with Crippen molar-refractivity contribution in [3.8, 4) is 0 Å². The number of hydrogen-bond donors (Lipinski definition) is 1. The molecule has 0 aliphatic carbocycles. The highest BCUT2D eigenvalue weighted by Gasteiger charge is 2.29. The Balaban J connectivity index is 3.25. The second-order valence-corrected chi connectivity index (χ2v) is 7.81. The molecule has 110 valence electrons. The van der Waals surface area contributed by atoms with Crippen LogP contribution in [0.2, 0.25) is 0 Å². The molecule has 0 amide bonds. The van der Waals surface area contributed by atoms with Gasteiger partial charge in [0.25, 0.3) is 15.2 Å². The maximum Gasteiger partial charge on any atom is 0.273 e. The van der Waals surface area contributed by atoms with E-state index in [2.05, 4.69) is 10.2 Å². The van der Waals surface area contributed by atoms with Crippen LogP contribution >= 0.6 is 0 Å². The van der Waals surface area contributed by atoms with E-state index in [9.17, 15) is 8.42 Å². The Bertz CT molecular complexity index is 549. The van der Waals surface area contributed by atoms with Crippen molar-refractivity contribution in [2.75, 3.05) is 0 Å². The van der Waals surface area contributed by atoms with E-state index >= 15 is 0 Å². The molecule has 0 aliphatic heterocycles. The van der Waals surface area contributed by atoms with Gasteiger partial charge in [0, 0.05) is 5.54 Å². The minimum Gasteiger partial charge on any atom is -0.368 e. The highest BCUT2D eigenvalue weighted by atomic mass is 32.2. The lowest BCUT2D eigenvalue weighted by Crippen LogP contribution is -2.31. The molecule has 19 heavy (non-hydrogen) atoms. The van der Waals surface area contributed by atoms with E-state index < -0.39 is 15.6 Å². The lowest BCUT2D eigenvalue weighted by Gasteiger charge is -2.25. The number of rotatable bonds is 3. The first-order valence-electron chi connectivity index (χ1n) is 5.94. The number of nitrogens with two attached hydrogens (primary N) is 1. The quantitative estimate of drug-likeness (QED) is 0.895. The molecular formula is C11H22N4O3S. The monoisotopic (exact) mass is 290 g/mol. The standard InChI is InChI=1S/C11H22N4O3S/c1-10(2,3)15-8(7-18-11(4,5)6)13-14-9(15)19(12,16)17/h7H2,1-6H3,(H2,12,16,17). The number of hydrogen-bond acceptors (Lipinski definition) is 5. The third-order valence-corrected chi connectivity index (χ3v) is 3.03. The summed E-state index contributed by atoms with van der Waals surface area (Å²) in [7, 11) is -3.92. The largest absolute Gasteiger partial charge is 0.368 e. The first-order chi connectivity index (χ1) is 8.32. The minimum absolute atomic E-state index is 0.170. The predicted octanol–water partition coefficient (Wildman–Crippen LogP) is 0.996. The first-order valence-corrected chi connectivity index (χ1v) is 7.48. The molecule has 1 rings (SSSR count). The summed E-state index contributed by atoms with van der Waals surface area (Å²) in [6.45, 7) is 11.5. The molecule has 0 spiro atoms. The van der Waals surface area contributed by atoms with Crippen LogP contribution < -0.4 is 5.14 Å². The fraction of sp³-hybridized carbons (Fsp3) is 0.818. The summed E-state index contributed by atoms with van der Waals surface area (Å²) in [4.78, 5) is 0. The Morgan fingerprint density at radius 1 is 1.16 bits per heavy atom. The normalized spacial score (nSPS) is 13.8. The summed E-state index contributed by atoms with van der Waals surface area (Å²) in [6.07, 6.45) is 0. The molecule has 0 fully saturated rings. The minimum atomic E-state index is -3.92. The van der Waals surface area contributed by atoms with E-state index in [1.807, 2.05) is 41.5 Å². The van der Waals surface area contributed by atoms with Crippen LogP contribution in [0.3, 0.4) is 0 Å². The zero-order chi connectivity index (χ0) is 15.1. The van der Waals surface area contributed by atoms with E-state index in [1.165, 1.54) is 4.57 Å². The van der Waals surface area contributed by atoms with E-state index in [0.29, 0.717) is 5.82 Å². The summed E-state index contributed by atoms with van der Waals surface area (Å²) in [5, 5.41) is 12.5. The third kappa shape index (κ3) is 4.26. The second-order valence-electron chi connectivity index (χ2n) is 6.35. The molecule has 0 unspecified atom stereocenters. The van der Waals surface area contributed by atoms with E-state index in [4.69, 9.17) is 9.88 Å². The molecule has 0 saturated carbocycles. The van der Waals surface area contributed by atoms with Gasteiger partial charge in [-0.1, -0.05) is 0 Å². The molecule has 2 N–H and O–H groups in total. The number of nitrogens with zero attached hydrogens (tertiary/aromatic N) is 3.